The Hall–Kier alpha value is -0.860. The molecule has 2 nitrogen and oxygen atoms in total. The van der Waals surface area contributed by atoms with E-state index in [2.05, 4.69) is 5.32 Å². The Balaban J connectivity index is 2.61. The van der Waals surface area contributed by atoms with E-state index in [9.17, 15) is 0 Å². The second-order valence-electron chi connectivity index (χ2n) is 2.49. The summed E-state index contributed by atoms with van der Waals surface area (Å²) in [4.78, 5) is 0. The van der Waals surface area contributed by atoms with E-state index in [4.69, 9.17) is 5.11 Å². The minimum Gasteiger partial charge on any atom is -0.381 e. The van der Waals surface area contributed by atoms with Crippen molar-refractivity contribution in [3.8, 4) is 0 Å². The smallest absolute Gasteiger partial charge is 0.0936 e. The predicted molar refractivity (Wildman–Crippen MR) is 45.1 cm³/mol. The number of rotatable bonds is 3. The lowest BCUT2D eigenvalue weighted by Crippen LogP contribution is -2.18. The highest BCUT2D eigenvalue weighted by molar-refractivity contribution is 5.17. The summed E-state index contributed by atoms with van der Waals surface area (Å²) in [7, 11) is 0. The van der Waals surface area contributed by atoms with Crippen LogP contribution < -0.4 is 5.32 Å². The van der Waals surface area contributed by atoms with Crippen LogP contribution in [0, 0.1) is 0 Å². The lowest BCUT2D eigenvalue weighted by atomic mass is 10.1. The standard InChI is InChI=1S/C9H13NO/c1-8(10-7-11)9-5-3-2-4-6-9/h2-6,8,10-11H,7H2,1H3/t8-/m0/s1. The molecule has 0 bridgehead atoms. The molecule has 0 unspecified atom stereocenters. The van der Waals surface area contributed by atoms with Crippen molar-refractivity contribution in [3.63, 3.8) is 0 Å². The molecule has 0 aliphatic rings. The van der Waals surface area contributed by atoms with Crippen LogP contribution in [0.5, 0.6) is 0 Å². The quantitative estimate of drug-likeness (QED) is 0.638. The highest BCUT2D eigenvalue weighted by Gasteiger charge is 2.00. The van der Waals surface area contributed by atoms with Crippen molar-refractivity contribution >= 4 is 0 Å². The molecule has 0 aliphatic heterocycles. The van der Waals surface area contributed by atoms with Crippen molar-refractivity contribution in [2.24, 2.45) is 0 Å². The molecule has 0 radical (unpaired) electrons. The van der Waals surface area contributed by atoms with Gasteiger partial charge in [-0.25, -0.2) is 0 Å². The number of aliphatic hydroxyl groups excluding tert-OH is 1. The van der Waals surface area contributed by atoms with Crippen molar-refractivity contribution in [3.05, 3.63) is 35.9 Å². The molecule has 60 valence electrons. The van der Waals surface area contributed by atoms with E-state index in [1.165, 1.54) is 5.56 Å². The average Bonchev–Trinajstić information content (AvgIpc) is 2.07. The summed E-state index contributed by atoms with van der Waals surface area (Å²) in [5.41, 5.74) is 1.20. The molecule has 11 heavy (non-hydrogen) atoms. The van der Waals surface area contributed by atoms with Crippen LogP contribution in [0.3, 0.4) is 0 Å². The zero-order chi connectivity index (χ0) is 8.10. The second-order valence-corrected chi connectivity index (χ2v) is 2.49. The maximum Gasteiger partial charge on any atom is 0.0936 e. The normalized spacial score (nSPS) is 12.9. The maximum atomic E-state index is 8.59. The van der Waals surface area contributed by atoms with E-state index in [0.717, 1.165) is 0 Å². The summed E-state index contributed by atoms with van der Waals surface area (Å²) in [5.74, 6) is 0. The second kappa shape index (κ2) is 4.11. The molecule has 0 aliphatic carbocycles. The zero-order valence-corrected chi connectivity index (χ0v) is 6.62. The molecule has 1 rings (SSSR count). The van der Waals surface area contributed by atoms with E-state index < -0.39 is 0 Å². The third kappa shape index (κ3) is 2.33. The van der Waals surface area contributed by atoms with Gasteiger partial charge in [0, 0.05) is 6.04 Å². The van der Waals surface area contributed by atoms with Crippen LogP contribution in [0.15, 0.2) is 30.3 Å². The fourth-order valence-electron chi connectivity index (χ4n) is 0.996. The summed E-state index contributed by atoms with van der Waals surface area (Å²) in [6.45, 7) is 2.04. The third-order valence-corrected chi connectivity index (χ3v) is 1.70. The number of aliphatic hydroxyl groups is 1. The minimum atomic E-state index is 0.0239. The Morgan fingerprint density at radius 2 is 2.00 bits per heavy atom. The van der Waals surface area contributed by atoms with Crippen LogP contribution in [0.4, 0.5) is 0 Å². The molecule has 0 saturated carbocycles. The fraction of sp³-hybridized carbons (Fsp3) is 0.333. The summed E-state index contributed by atoms with van der Waals surface area (Å²) in [5, 5.41) is 11.5. The molecule has 1 aromatic rings. The number of hydrogen-bond acceptors (Lipinski definition) is 2. The van der Waals surface area contributed by atoms with Crippen molar-refractivity contribution in [2.75, 3.05) is 6.73 Å². The first-order chi connectivity index (χ1) is 5.34. The highest BCUT2D eigenvalue weighted by atomic mass is 16.3. The SMILES string of the molecule is C[C@H](NCO)c1ccccc1. The molecule has 0 fully saturated rings. The van der Waals surface area contributed by atoms with Crippen LogP contribution in [0.25, 0.3) is 0 Å². The van der Waals surface area contributed by atoms with Crippen molar-refractivity contribution in [1.29, 1.82) is 0 Å². The lowest BCUT2D eigenvalue weighted by molar-refractivity contribution is 0.245. The Morgan fingerprint density at radius 1 is 1.36 bits per heavy atom. The van der Waals surface area contributed by atoms with Gasteiger partial charge in [0.25, 0.3) is 0 Å². The van der Waals surface area contributed by atoms with Crippen molar-refractivity contribution < 1.29 is 5.11 Å². The van der Waals surface area contributed by atoms with Gasteiger partial charge >= 0.3 is 0 Å². The Morgan fingerprint density at radius 3 is 2.55 bits per heavy atom. The van der Waals surface area contributed by atoms with Gasteiger partial charge < -0.3 is 5.11 Å². The molecular weight excluding hydrogens is 138 g/mol. The van der Waals surface area contributed by atoms with E-state index >= 15 is 0 Å². The first-order valence-electron chi connectivity index (χ1n) is 3.74. The number of benzene rings is 1. The molecule has 0 amide bonds. The van der Waals surface area contributed by atoms with E-state index in [1.54, 1.807) is 0 Å². The van der Waals surface area contributed by atoms with Gasteiger partial charge in [-0.3, -0.25) is 5.32 Å². The molecule has 0 saturated heterocycles. The molecule has 2 heteroatoms. The van der Waals surface area contributed by atoms with Crippen LogP contribution in [0.1, 0.15) is 18.5 Å². The summed E-state index contributed by atoms with van der Waals surface area (Å²) >= 11 is 0. The number of hydrogen-bond donors (Lipinski definition) is 2. The topological polar surface area (TPSA) is 32.3 Å². The molecule has 1 aromatic carbocycles. The maximum absolute atomic E-state index is 8.59. The Kier molecular flexibility index (Phi) is 3.08. The van der Waals surface area contributed by atoms with Crippen molar-refractivity contribution in [1.82, 2.24) is 5.32 Å². The minimum absolute atomic E-state index is 0.0239. The molecular formula is C9H13NO. The van der Waals surface area contributed by atoms with Crippen molar-refractivity contribution in [2.45, 2.75) is 13.0 Å². The third-order valence-electron chi connectivity index (χ3n) is 1.70. The van der Waals surface area contributed by atoms with Gasteiger partial charge in [0.2, 0.25) is 0 Å². The fourth-order valence-corrected chi connectivity index (χ4v) is 0.996. The van der Waals surface area contributed by atoms with Gasteiger partial charge in [0.1, 0.15) is 0 Å². The molecule has 2 N–H and O–H groups in total. The largest absolute Gasteiger partial charge is 0.381 e. The van der Waals surface area contributed by atoms with E-state index in [1.807, 2.05) is 37.3 Å². The lowest BCUT2D eigenvalue weighted by Gasteiger charge is -2.10. The molecule has 0 aromatic heterocycles. The van der Waals surface area contributed by atoms with Gasteiger partial charge in [0.05, 0.1) is 6.73 Å². The van der Waals surface area contributed by atoms with Gasteiger partial charge in [0.15, 0.2) is 0 Å². The Labute approximate surface area is 66.9 Å². The zero-order valence-electron chi connectivity index (χ0n) is 6.62. The van der Waals surface area contributed by atoms with E-state index in [-0.39, 0.29) is 12.8 Å². The van der Waals surface area contributed by atoms with Gasteiger partial charge in [-0.2, -0.15) is 0 Å². The number of nitrogens with one attached hydrogen (secondary N) is 1. The van der Waals surface area contributed by atoms with Gasteiger partial charge in [-0.05, 0) is 12.5 Å². The monoisotopic (exact) mass is 151 g/mol. The van der Waals surface area contributed by atoms with Crippen LogP contribution >= 0.6 is 0 Å². The van der Waals surface area contributed by atoms with Crippen LogP contribution in [-0.2, 0) is 0 Å². The summed E-state index contributed by atoms with van der Waals surface area (Å²) in [6.07, 6.45) is 0. The summed E-state index contributed by atoms with van der Waals surface area (Å²) < 4.78 is 0. The first-order valence-corrected chi connectivity index (χ1v) is 3.74. The first kappa shape index (κ1) is 8.24. The van der Waals surface area contributed by atoms with Gasteiger partial charge in [-0.1, -0.05) is 30.3 Å². The van der Waals surface area contributed by atoms with Crippen LogP contribution in [-0.4, -0.2) is 11.8 Å². The van der Waals surface area contributed by atoms with Gasteiger partial charge in [-0.15, -0.1) is 0 Å². The Bertz CT molecular complexity index is 198. The average molecular weight is 151 g/mol. The van der Waals surface area contributed by atoms with E-state index in [0.29, 0.717) is 0 Å². The highest BCUT2D eigenvalue weighted by Crippen LogP contribution is 2.09. The molecule has 0 heterocycles. The summed E-state index contributed by atoms with van der Waals surface area (Å²) in [6, 6.07) is 10.3. The molecule has 1 atom stereocenters. The predicted octanol–water partition coefficient (Wildman–Crippen LogP) is 1.29. The van der Waals surface area contributed by atoms with Crippen LogP contribution in [0.2, 0.25) is 0 Å². The molecule has 0 spiro atoms.